The summed E-state index contributed by atoms with van der Waals surface area (Å²) in [6.45, 7) is 7.87. The van der Waals surface area contributed by atoms with Crippen LogP contribution in [0.5, 0.6) is 5.75 Å². The second-order valence-corrected chi connectivity index (χ2v) is 5.27. The first kappa shape index (κ1) is 14.1. The predicted octanol–water partition coefficient (Wildman–Crippen LogP) is 0.951. The molecule has 2 N–H and O–H groups in total. The maximum atomic E-state index is 12.2. The Bertz CT molecular complexity index is 490. The molecule has 0 radical (unpaired) electrons. The number of aromatic hydroxyl groups is 1. The molecule has 0 bridgehead atoms. The van der Waals surface area contributed by atoms with Crippen molar-refractivity contribution in [3.8, 4) is 5.75 Å². The quantitative estimate of drug-likeness (QED) is 0.854. The number of hydrogen-bond acceptors (Lipinski definition) is 4. The molecule has 1 aromatic heterocycles. The molecule has 2 heterocycles. The number of aromatic amines is 1. The fourth-order valence-corrected chi connectivity index (χ4v) is 2.56. The first-order valence-corrected chi connectivity index (χ1v) is 6.90. The van der Waals surface area contributed by atoms with Crippen LogP contribution in [0, 0.1) is 0 Å². The third-order valence-electron chi connectivity index (χ3n) is 4.05. The Morgan fingerprint density at radius 1 is 1.37 bits per heavy atom. The Hall–Kier alpha value is -1.33. The van der Waals surface area contributed by atoms with Gasteiger partial charge in [0.05, 0.1) is 5.69 Å². The summed E-state index contributed by atoms with van der Waals surface area (Å²) < 4.78 is 0. The third kappa shape index (κ3) is 2.82. The number of nitrogens with zero attached hydrogens (tertiary/aromatic N) is 2. The second-order valence-electron chi connectivity index (χ2n) is 5.27. The first-order chi connectivity index (χ1) is 9.04. The fraction of sp³-hybridized carbons (Fsp3) is 0.643. The summed E-state index contributed by atoms with van der Waals surface area (Å²) in [5, 5.41) is 9.90. The molecule has 0 spiro atoms. The predicted molar refractivity (Wildman–Crippen MR) is 75.6 cm³/mol. The van der Waals surface area contributed by atoms with E-state index in [0.717, 1.165) is 26.2 Å². The molecule has 1 saturated heterocycles. The number of pyridine rings is 1. The van der Waals surface area contributed by atoms with E-state index in [1.54, 1.807) is 6.20 Å². The Kier molecular flexibility index (Phi) is 4.27. The molecule has 19 heavy (non-hydrogen) atoms. The molecule has 1 aliphatic rings. The Morgan fingerprint density at radius 2 is 2.00 bits per heavy atom. The number of aromatic nitrogens is 1. The largest absolute Gasteiger partial charge is 0.503 e. The van der Waals surface area contributed by atoms with Crippen molar-refractivity contribution in [2.75, 3.05) is 33.2 Å². The summed E-state index contributed by atoms with van der Waals surface area (Å²) in [5.74, 6) is -0.124. The van der Waals surface area contributed by atoms with Crippen LogP contribution < -0.4 is 5.43 Å². The Morgan fingerprint density at radius 3 is 2.58 bits per heavy atom. The van der Waals surface area contributed by atoms with Crippen molar-refractivity contribution < 1.29 is 5.11 Å². The second kappa shape index (κ2) is 5.75. The van der Waals surface area contributed by atoms with Crippen LogP contribution in [0.1, 0.15) is 31.1 Å². The van der Waals surface area contributed by atoms with Gasteiger partial charge in [-0.3, -0.25) is 9.69 Å². The van der Waals surface area contributed by atoms with Crippen LogP contribution in [0.4, 0.5) is 0 Å². The summed E-state index contributed by atoms with van der Waals surface area (Å²) in [4.78, 5) is 19.8. The normalized spacial score (nSPS) is 19.5. The SMILES string of the molecule is CCc1[nH]cc(C(C)N2CCN(C)CC2)c(=O)c1O. The fourth-order valence-electron chi connectivity index (χ4n) is 2.56. The van der Waals surface area contributed by atoms with Gasteiger partial charge >= 0.3 is 0 Å². The zero-order chi connectivity index (χ0) is 14.0. The van der Waals surface area contributed by atoms with Gasteiger partial charge < -0.3 is 15.0 Å². The average molecular weight is 265 g/mol. The molecule has 1 atom stereocenters. The van der Waals surface area contributed by atoms with Crippen LogP contribution in [-0.4, -0.2) is 53.1 Å². The van der Waals surface area contributed by atoms with Crippen molar-refractivity contribution in [1.29, 1.82) is 0 Å². The highest BCUT2D eigenvalue weighted by molar-refractivity contribution is 5.31. The molecular weight excluding hydrogens is 242 g/mol. The van der Waals surface area contributed by atoms with Gasteiger partial charge in [-0.2, -0.15) is 0 Å². The van der Waals surface area contributed by atoms with Crippen molar-refractivity contribution in [2.45, 2.75) is 26.3 Å². The van der Waals surface area contributed by atoms with Gasteiger partial charge in [-0.1, -0.05) is 6.92 Å². The zero-order valence-electron chi connectivity index (χ0n) is 11.9. The van der Waals surface area contributed by atoms with Crippen molar-refractivity contribution >= 4 is 0 Å². The summed E-state index contributed by atoms with van der Waals surface area (Å²) in [6.07, 6.45) is 2.38. The van der Waals surface area contributed by atoms with Crippen LogP contribution in [0.3, 0.4) is 0 Å². The van der Waals surface area contributed by atoms with E-state index >= 15 is 0 Å². The van der Waals surface area contributed by atoms with Gasteiger partial charge in [-0.25, -0.2) is 0 Å². The van der Waals surface area contributed by atoms with Crippen molar-refractivity contribution in [3.63, 3.8) is 0 Å². The van der Waals surface area contributed by atoms with E-state index in [2.05, 4.69) is 21.8 Å². The molecule has 5 heteroatoms. The Balaban J connectivity index is 2.22. The van der Waals surface area contributed by atoms with Gasteiger partial charge in [0, 0.05) is 44.0 Å². The lowest BCUT2D eigenvalue weighted by molar-refractivity contribution is 0.118. The number of nitrogens with one attached hydrogen (secondary N) is 1. The Labute approximate surface area is 113 Å². The lowest BCUT2D eigenvalue weighted by atomic mass is 10.1. The summed E-state index contributed by atoms with van der Waals surface area (Å²) in [7, 11) is 2.11. The van der Waals surface area contributed by atoms with Crippen LogP contribution in [-0.2, 0) is 6.42 Å². The molecule has 0 saturated carbocycles. The molecule has 1 unspecified atom stereocenters. The number of aryl methyl sites for hydroxylation is 1. The van der Waals surface area contributed by atoms with Crippen LogP contribution in [0.25, 0.3) is 0 Å². The highest BCUT2D eigenvalue weighted by Crippen LogP contribution is 2.21. The summed E-state index contributed by atoms with van der Waals surface area (Å²) >= 11 is 0. The number of rotatable bonds is 3. The minimum atomic E-state index is -0.234. The number of H-pyrrole nitrogens is 1. The topological polar surface area (TPSA) is 59.6 Å². The van der Waals surface area contributed by atoms with Crippen molar-refractivity contribution in [3.05, 3.63) is 27.7 Å². The summed E-state index contributed by atoms with van der Waals surface area (Å²) in [6, 6.07) is 0.0363. The molecular formula is C14H23N3O2. The molecule has 1 aliphatic heterocycles. The number of piperazine rings is 1. The molecule has 5 nitrogen and oxygen atoms in total. The average Bonchev–Trinajstić information content (AvgIpc) is 2.42. The van der Waals surface area contributed by atoms with Gasteiger partial charge in [0.2, 0.25) is 5.43 Å². The standard InChI is InChI=1S/C14H23N3O2/c1-4-12-14(19)13(18)11(9-15-12)10(2)17-7-5-16(3)6-8-17/h9-10,19H,4-8H2,1-3H3,(H,15,18). The van der Waals surface area contributed by atoms with E-state index in [9.17, 15) is 9.90 Å². The number of hydrogen-bond donors (Lipinski definition) is 2. The first-order valence-electron chi connectivity index (χ1n) is 6.90. The van der Waals surface area contributed by atoms with E-state index < -0.39 is 0 Å². The van der Waals surface area contributed by atoms with E-state index in [1.807, 2.05) is 13.8 Å². The van der Waals surface area contributed by atoms with Crippen LogP contribution in [0.15, 0.2) is 11.0 Å². The minimum Gasteiger partial charge on any atom is -0.503 e. The van der Waals surface area contributed by atoms with Gasteiger partial charge in [0.1, 0.15) is 0 Å². The van der Waals surface area contributed by atoms with E-state index in [-0.39, 0.29) is 17.2 Å². The smallest absolute Gasteiger partial charge is 0.228 e. The van der Waals surface area contributed by atoms with Crippen molar-refractivity contribution in [2.24, 2.45) is 0 Å². The molecule has 2 rings (SSSR count). The lowest BCUT2D eigenvalue weighted by Crippen LogP contribution is -2.46. The van der Waals surface area contributed by atoms with Gasteiger partial charge in [0.15, 0.2) is 5.75 Å². The maximum Gasteiger partial charge on any atom is 0.228 e. The molecule has 0 aliphatic carbocycles. The molecule has 0 amide bonds. The van der Waals surface area contributed by atoms with E-state index in [4.69, 9.17) is 0 Å². The van der Waals surface area contributed by atoms with Crippen LogP contribution in [0.2, 0.25) is 0 Å². The maximum absolute atomic E-state index is 12.2. The summed E-state index contributed by atoms with van der Waals surface area (Å²) in [5.41, 5.74) is 1.03. The van der Waals surface area contributed by atoms with Crippen molar-refractivity contribution in [1.82, 2.24) is 14.8 Å². The van der Waals surface area contributed by atoms with E-state index in [1.165, 1.54) is 0 Å². The van der Waals surface area contributed by atoms with E-state index in [0.29, 0.717) is 17.7 Å². The van der Waals surface area contributed by atoms with Crippen LogP contribution >= 0.6 is 0 Å². The highest BCUT2D eigenvalue weighted by Gasteiger charge is 2.23. The molecule has 0 aromatic carbocycles. The monoisotopic (exact) mass is 265 g/mol. The number of likely N-dealkylation sites (N-methyl/N-ethyl adjacent to an activating group) is 1. The molecule has 1 aromatic rings. The highest BCUT2D eigenvalue weighted by atomic mass is 16.3. The zero-order valence-corrected chi connectivity index (χ0v) is 11.9. The van der Waals surface area contributed by atoms with Gasteiger partial charge in [-0.15, -0.1) is 0 Å². The lowest BCUT2D eigenvalue weighted by Gasteiger charge is -2.36. The third-order valence-corrected chi connectivity index (χ3v) is 4.05. The molecule has 106 valence electrons. The van der Waals surface area contributed by atoms with Gasteiger partial charge in [-0.05, 0) is 20.4 Å². The molecule has 1 fully saturated rings. The minimum absolute atomic E-state index is 0.0363. The van der Waals surface area contributed by atoms with Gasteiger partial charge in [0.25, 0.3) is 0 Å².